The third-order valence-electron chi connectivity index (χ3n) is 5.10. The molecule has 10 heteroatoms. The number of amides is 1. The van der Waals surface area contributed by atoms with Gasteiger partial charge in [0.25, 0.3) is 11.8 Å². The van der Waals surface area contributed by atoms with Gasteiger partial charge in [-0.25, -0.2) is 9.99 Å². The first-order valence-electron chi connectivity index (χ1n) is 9.81. The molecule has 32 heavy (non-hydrogen) atoms. The Bertz CT molecular complexity index is 1060. The number of pyridine rings is 1. The lowest BCUT2D eigenvalue weighted by atomic mass is 9.94. The fourth-order valence-corrected chi connectivity index (χ4v) is 3.40. The van der Waals surface area contributed by atoms with E-state index in [0.29, 0.717) is 17.1 Å². The van der Waals surface area contributed by atoms with E-state index >= 15 is 0 Å². The molecular formula is C22H24F2N4O4. The molecule has 1 amide bonds. The number of carbonyl (C=O) groups excluding carboxylic acids is 1. The van der Waals surface area contributed by atoms with E-state index in [0.717, 1.165) is 0 Å². The largest absolute Gasteiger partial charge is 0.481 e. The Hall–Kier alpha value is -3.37. The minimum Gasteiger partial charge on any atom is -0.481 e. The van der Waals surface area contributed by atoms with Crippen molar-refractivity contribution in [3.05, 3.63) is 65.4 Å². The standard InChI is InChI=1S/C22H24F2N4O4/c1-13-16(5-4-6-17(13)22(23,24)12-29)14(2)26-21(31)18-7-8-20(30)28(27-18)15-9-10-25-19(11-15)32-3/h4-11,14,20,29-30H,12H2,1-3H3,(H,26,31)/t14-,20?/m1/s1. The quantitative estimate of drug-likeness (QED) is 0.603. The Balaban J connectivity index is 1.82. The van der Waals surface area contributed by atoms with Crippen molar-refractivity contribution >= 4 is 17.3 Å². The summed E-state index contributed by atoms with van der Waals surface area (Å²) in [5.41, 5.74) is 0.949. The third kappa shape index (κ3) is 4.76. The molecule has 1 aromatic carbocycles. The molecule has 1 aromatic heterocycles. The van der Waals surface area contributed by atoms with Crippen molar-refractivity contribution in [3.8, 4) is 5.88 Å². The Kier molecular flexibility index (Phi) is 6.85. The second kappa shape index (κ2) is 9.41. The zero-order valence-corrected chi connectivity index (χ0v) is 17.8. The maximum atomic E-state index is 14.0. The SMILES string of the molecule is COc1cc(N2N=C(C(=O)N[C@H](C)c3cccc(C(F)(F)CO)c3C)C=CC2O)ccn1. The zero-order chi connectivity index (χ0) is 23.5. The molecule has 0 spiro atoms. The molecule has 2 aromatic rings. The van der Waals surface area contributed by atoms with Gasteiger partial charge in [0.1, 0.15) is 12.3 Å². The molecule has 0 bridgehead atoms. The average Bonchev–Trinajstić information content (AvgIpc) is 2.79. The number of aromatic nitrogens is 1. The molecule has 1 aliphatic heterocycles. The van der Waals surface area contributed by atoms with Crippen molar-refractivity contribution in [2.45, 2.75) is 32.0 Å². The van der Waals surface area contributed by atoms with Crippen LogP contribution in [0.25, 0.3) is 0 Å². The average molecular weight is 446 g/mol. The molecule has 0 saturated heterocycles. The predicted octanol–water partition coefficient (Wildman–Crippen LogP) is 2.41. The van der Waals surface area contributed by atoms with E-state index in [4.69, 9.17) is 9.84 Å². The normalized spacial score (nSPS) is 17.0. The van der Waals surface area contributed by atoms with Crippen LogP contribution >= 0.6 is 0 Å². The van der Waals surface area contributed by atoms with Gasteiger partial charge in [0.05, 0.1) is 18.8 Å². The topological polar surface area (TPSA) is 107 Å². The number of methoxy groups -OCH3 is 1. The van der Waals surface area contributed by atoms with E-state index in [1.807, 2.05) is 0 Å². The van der Waals surface area contributed by atoms with Gasteiger partial charge in [-0.2, -0.15) is 13.9 Å². The van der Waals surface area contributed by atoms with Crippen LogP contribution in [-0.2, 0) is 10.7 Å². The highest BCUT2D eigenvalue weighted by molar-refractivity contribution is 6.43. The van der Waals surface area contributed by atoms with Crippen molar-refractivity contribution in [1.29, 1.82) is 0 Å². The van der Waals surface area contributed by atoms with E-state index in [1.165, 1.54) is 49.5 Å². The van der Waals surface area contributed by atoms with Gasteiger partial charge >= 0.3 is 0 Å². The number of ether oxygens (including phenoxy) is 1. The molecule has 8 nitrogen and oxygen atoms in total. The third-order valence-corrected chi connectivity index (χ3v) is 5.10. The zero-order valence-electron chi connectivity index (χ0n) is 17.8. The van der Waals surface area contributed by atoms with Crippen LogP contribution in [0.2, 0.25) is 0 Å². The van der Waals surface area contributed by atoms with Crippen molar-refractivity contribution in [3.63, 3.8) is 0 Å². The molecule has 2 heterocycles. The first-order valence-corrected chi connectivity index (χ1v) is 9.81. The number of hydrazone groups is 1. The molecule has 0 fully saturated rings. The summed E-state index contributed by atoms with van der Waals surface area (Å²) < 4.78 is 33.1. The fourth-order valence-electron chi connectivity index (χ4n) is 3.40. The predicted molar refractivity (Wildman–Crippen MR) is 115 cm³/mol. The summed E-state index contributed by atoms with van der Waals surface area (Å²) in [5.74, 6) is -3.62. The lowest BCUT2D eigenvalue weighted by Crippen LogP contribution is -2.39. The highest BCUT2D eigenvalue weighted by Gasteiger charge is 2.33. The molecule has 0 radical (unpaired) electrons. The van der Waals surface area contributed by atoms with Gasteiger partial charge in [-0.1, -0.05) is 18.2 Å². The lowest BCUT2D eigenvalue weighted by molar-refractivity contribution is -0.115. The van der Waals surface area contributed by atoms with Gasteiger partial charge in [-0.05, 0) is 43.2 Å². The molecular weight excluding hydrogens is 422 g/mol. The van der Waals surface area contributed by atoms with Crippen molar-refractivity contribution in [2.24, 2.45) is 5.10 Å². The maximum Gasteiger partial charge on any atom is 0.296 e. The second-order valence-electron chi connectivity index (χ2n) is 7.24. The first kappa shape index (κ1) is 23.3. The number of nitrogens with zero attached hydrogens (tertiary/aromatic N) is 3. The highest BCUT2D eigenvalue weighted by atomic mass is 19.3. The minimum absolute atomic E-state index is 0.0208. The number of nitrogens with one attached hydrogen (secondary N) is 1. The van der Waals surface area contributed by atoms with E-state index in [-0.39, 0.29) is 16.8 Å². The highest BCUT2D eigenvalue weighted by Crippen LogP contribution is 2.33. The number of rotatable bonds is 7. The van der Waals surface area contributed by atoms with E-state index in [2.05, 4.69) is 15.4 Å². The smallest absolute Gasteiger partial charge is 0.296 e. The van der Waals surface area contributed by atoms with Crippen LogP contribution in [0.15, 0.2) is 53.8 Å². The van der Waals surface area contributed by atoms with E-state index in [1.54, 1.807) is 25.1 Å². The molecule has 0 aliphatic carbocycles. The van der Waals surface area contributed by atoms with Crippen LogP contribution in [0, 0.1) is 6.92 Å². The Labute approximate surface area is 183 Å². The molecule has 170 valence electrons. The maximum absolute atomic E-state index is 14.0. The number of halogens is 2. The Morgan fingerprint density at radius 2 is 2.12 bits per heavy atom. The van der Waals surface area contributed by atoms with Crippen LogP contribution < -0.4 is 15.1 Å². The number of aliphatic hydroxyl groups is 2. The van der Waals surface area contributed by atoms with Gasteiger partial charge in [0, 0.05) is 17.8 Å². The van der Waals surface area contributed by atoms with Crippen LogP contribution in [-0.4, -0.2) is 46.8 Å². The molecule has 3 rings (SSSR count). The van der Waals surface area contributed by atoms with Crippen LogP contribution in [0.5, 0.6) is 5.88 Å². The lowest BCUT2D eigenvalue weighted by Gasteiger charge is -2.27. The number of hydrogen-bond donors (Lipinski definition) is 3. The summed E-state index contributed by atoms with van der Waals surface area (Å²) in [4.78, 5) is 16.8. The van der Waals surface area contributed by atoms with E-state index < -0.39 is 30.7 Å². The molecule has 3 N–H and O–H groups in total. The number of aliphatic hydroxyl groups excluding tert-OH is 2. The number of benzene rings is 1. The van der Waals surface area contributed by atoms with Gasteiger partial charge in [0.15, 0.2) is 6.23 Å². The van der Waals surface area contributed by atoms with E-state index in [9.17, 15) is 18.7 Å². The number of alkyl halides is 2. The fraction of sp³-hybridized carbons (Fsp3) is 0.318. The summed E-state index contributed by atoms with van der Waals surface area (Å²) in [7, 11) is 1.45. The number of carbonyl (C=O) groups is 1. The van der Waals surface area contributed by atoms with Crippen LogP contribution in [0.4, 0.5) is 14.5 Å². The van der Waals surface area contributed by atoms with Gasteiger partial charge in [0.2, 0.25) is 5.88 Å². The molecule has 0 saturated carbocycles. The monoisotopic (exact) mass is 446 g/mol. The van der Waals surface area contributed by atoms with Crippen LogP contribution in [0.3, 0.4) is 0 Å². The summed E-state index contributed by atoms with van der Waals surface area (Å²) in [6.45, 7) is 1.87. The van der Waals surface area contributed by atoms with Crippen molar-refractivity contribution in [2.75, 3.05) is 18.7 Å². The van der Waals surface area contributed by atoms with Gasteiger partial charge in [-0.15, -0.1) is 0 Å². The summed E-state index contributed by atoms with van der Waals surface area (Å²) in [5, 5.41) is 27.5. The second-order valence-corrected chi connectivity index (χ2v) is 7.24. The van der Waals surface area contributed by atoms with Gasteiger partial charge < -0.3 is 20.3 Å². The first-order chi connectivity index (χ1) is 15.2. The molecule has 1 aliphatic rings. The summed E-state index contributed by atoms with van der Waals surface area (Å²) >= 11 is 0. The van der Waals surface area contributed by atoms with Crippen molar-refractivity contribution in [1.82, 2.24) is 10.3 Å². The summed E-state index contributed by atoms with van der Waals surface area (Å²) in [6, 6.07) is 6.88. The van der Waals surface area contributed by atoms with Crippen molar-refractivity contribution < 1.29 is 28.5 Å². The van der Waals surface area contributed by atoms with Crippen LogP contribution in [0.1, 0.15) is 29.7 Å². The summed E-state index contributed by atoms with van der Waals surface area (Å²) in [6.07, 6.45) is 3.16. The Morgan fingerprint density at radius 1 is 1.38 bits per heavy atom. The number of hydrogen-bond acceptors (Lipinski definition) is 7. The number of anilines is 1. The molecule has 2 atom stereocenters. The minimum atomic E-state index is -3.39. The van der Waals surface area contributed by atoms with Gasteiger partial charge in [-0.3, -0.25) is 4.79 Å². The Morgan fingerprint density at radius 3 is 2.81 bits per heavy atom. The molecule has 1 unspecified atom stereocenters.